The molecule has 9 heteroatoms. The van der Waals surface area contributed by atoms with Crippen molar-refractivity contribution in [2.75, 3.05) is 23.7 Å². The summed E-state index contributed by atoms with van der Waals surface area (Å²) in [5.41, 5.74) is 8.12. The molecule has 2 aromatic carbocycles. The molecule has 0 amide bonds. The molecule has 0 aliphatic carbocycles. The van der Waals surface area contributed by atoms with Crippen molar-refractivity contribution in [2.45, 2.75) is 19.8 Å². The van der Waals surface area contributed by atoms with Crippen molar-refractivity contribution in [1.29, 1.82) is 10.5 Å². The maximum atomic E-state index is 11.8. The number of benzene rings is 2. The monoisotopic (exact) mass is 453 g/mol. The number of nitro groups is 1. The van der Waals surface area contributed by atoms with Crippen molar-refractivity contribution in [1.82, 2.24) is 9.78 Å². The molecule has 170 valence electrons. The van der Waals surface area contributed by atoms with Crippen molar-refractivity contribution in [3.05, 3.63) is 75.5 Å². The first-order valence-corrected chi connectivity index (χ1v) is 10.9. The smallest absolute Gasteiger partial charge is 0.293 e. The zero-order valence-electron chi connectivity index (χ0n) is 18.7. The first kappa shape index (κ1) is 22.6. The summed E-state index contributed by atoms with van der Waals surface area (Å²) in [5, 5.41) is 35.7. The fraction of sp³-hybridized carbons (Fsp3) is 0.240. The van der Waals surface area contributed by atoms with E-state index < -0.39 is 4.92 Å². The highest BCUT2D eigenvalue weighted by atomic mass is 16.6. The molecule has 0 atom stereocenters. The van der Waals surface area contributed by atoms with Crippen LogP contribution < -0.4 is 10.6 Å². The van der Waals surface area contributed by atoms with Crippen LogP contribution >= 0.6 is 0 Å². The van der Waals surface area contributed by atoms with Crippen LogP contribution in [0.4, 0.5) is 17.2 Å². The van der Waals surface area contributed by atoms with Crippen molar-refractivity contribution in [3.63, 3.8) is 0 Å². The molecule has 3 aromatic rings. The number of nitrogens with two attached hydrogens (primary N) is 1. The van der Waals surface area contributed by atoms with Crippen LogP contribution in [0.1, 0.15) is 36.6 Å². The normalized spacial score (nSPS) is 14.4. The summed E-state index contributed by atoms with van der Waals surface area (Å²) in [6, 6.07) is 18.0. The number of aromatic nitrogens is 2. The number of para-hydroxylation sites is 1. The standard InChI is InChI=1S/C25H23N7O2/c1-17-9-11-30(12-10-17)22-8-7-18(14-23(22)32(33)34)13-19(15-26)24-21(16-27)25(28)31(29-24)20-5-3-2-4-6-20/h2-8,13-14,17H,9-12,28H2,1H3. The first-order chi connectivity index (χ1) is 16.4. The second kappa shape index (κ2) is 9.47. The zero-order chi connectivity index (χ0) is 24.2. The SMILES string of the molecule is CC1CCN(c2ccc(C=C(C#N)c3nn(-c4ccccc4)c(N)c3C#N)cc2[N+](=O)[O-])CC1. The van der Waals surface area contributed by atoms with E-state index in [2.05, 4.69) is 18.1 Å². The average molecular weight is 454 g/mol. The minimum Gasteiger partial charge on any atom is -0.382 e. The zero-order valence-corrected chi connectivity index (χ0v) is 18.7. The molecule has 34 heavy (non-hydrogen) atoms. The van der Waals surface area contributed by atoms with Gasteiger partial charge in [-0.3, -0.25) is 10.1 Å². The minimum absolute atomic E-state index is 0.0181. The summed E-state index contributed by atoms with van der Waals surface area (Å²) in [6.07, 6.45) is 3.46. The van der Waals surface area contributed by atoms with Gasteiger partial charge in [0.1, 0.15) is 34.9 Å². The van der Waals surface area contributed by atoms with Gasteiger partial charge in [-0.1, -0.05) is 31.2 Å². The Hall–Kier alpha value is -4.63. The third-order valence-corrected chi connectivity index (χ3v) is 6.04. The van der Waals surface area contributed by atoms with Crippen LogP contribution in [0.3, 0.4) is 0 Å². The number of nitrogen functional groups attached to an aromatic ring is 1. The molecule has 1 saturated heterocycles. The lowest BCUT2D eigenvalue weighted by Gasteiger charge is -2.31. The molecular weight excluding hydrogens is 430 g/mol. The highest BCUT2D eigenvalue weighted by molar-refractivity contribution is 5.92. The lowest BCUT2D eigenvalue weighted by Crippen LogP contribution is -2.33. The molecule has 0 spiro atoms. The summed E-state index contributed by atoms with van der Waals surface area (Å²) < 4.78 is 1.40. The van der Waals surface area contributed by atoms with Crippen LogP contribution in [-0.2, 0) is 0 Å². The molecule has 0 radical (unpaired) electrons. The molecule has 0 bridgehead atoms. The molecular formula is C25H23N7O2. The second-order valence-electron chi connectivity index (χ2n) is 8.31. The number of nitrogens with zero attached hydrogens (tertiary/aromatic N) is 6. The van der Waals surface area contributed by atoms with E-state index in [0.29, 0.717) is 22.9 Å². The Balaban J connectivity index is 1.75. The third-order valence-electron chi connectivity index (χ3n) is 6.04. The fourth-order valence-electron chi connectivity index (χ4n) is 4.11. The van der Waals surface area contributed by atoms with Crippen LogP contribution in [0, 0.1) is 38.7 Å². The Bertz CT molecular complexity index is 1340. The van der Waals surface area contributed by atoms with E-state index in [1.807, 2.05) is 29.2 Å². The highest BCUT2D eigenvalue weighted by Gasteiger charge is 2.24. The number of nitriles is 2. The number of anilines is 2. The van der Waals surface area contributed by atoms with Gasteiger partial charge in [-0.15, -0.1) is 0 Å². The van der Waals surface area contributed by atoms with Gasteiger partial charge in [0.05, 0.1) is 16.2 Å². The Morgan fingerprint density at radius 3 is 2.53 bits per heavy atom. The molecule has 1 aromatic heterocycles. The van der Waals surface area contributed by atoms with E-state index in [-0.39, 0.29) is 28.3 Å². The fourth-order valence-corrected chi connectivity index (χ4v) is 4.11. The lowest BCUT2D eigenvalue weighted by molar-refractivity contribution is -0.384. The number of hydrogen-bond acceptors (Lipinski definition) is 7. The summed E-state index contributed by atoms with van der Waals surface area (Å²) >= 11 is 0. The Labute approximate surface area is 197 Å². The van der Waals surface area contributed by atoms with Crippen LogP contribution in [0.5, 0.6) is 0 Å². The highest BCUT2D eigenvalue weighted by Crippen LogP contribution is 2.34. The number of rotatable bonds is 5. The molecule has 2 N–H and O–H groups in total. The summed E-state index contributed by atoms with van der Waals surface area (Å²) in [4.78, 5) is 13.5. The minimum atomic E-state index is -0.403. The number of piperidine rings is 1. The lowest BCUT2D eigenvalue weighted by atomic mass is 9.98. The molecule has 1 aliphatic heterocycles. The van der Waals surface area contributed by atoms with Gasteiger partial charge in [0.25, 0.3) is 5.69 Å². The van der Waals surface area contributed by atoms with Gasteiger partial charge >= 0.3 is 0 Å². The van der Waals surface area contributed by atoms with Crippen LogP contribution in [0.25, 0.3) is 17.3 Å². The van der Waals surface area contributed by atoms with E-state index in [4.69, 9.17) is 5.73 Å². The quantitative estimate of drug-likeness (QED) is 0.340. The van der Waals surface area contributed by atoms with Crippen molar-refractivity contribution < 1.29 is 4.92 Å². The largest absolute Gasteiger partial charge is 0.382 e. The van der Waals surface area contributed by atoms with Gasteiger partial charge in [-0.25, -0.2) is 4.68 Å². The summed E-state index contributed by atoms with van der Waals surface area (Å²) in [6.45, 7) is 3.72. The van der Waals surface area contributed by atoms with Gasteiger partial charge in [0, 0.05) is 19.2 Å². The Morgan fingerprint density at radius 2 is 1.91 bits per heavy atom. The average Bonchev–Trinajstić information content (AvgIpc) is 3.19. The summed E-state index contributed by atoms with van der Waals surface area (Å²) in [7, 11) is 0. The van der Waals surface area contributed by atoms with Crippen molar-refractivity contribution in [3.8, 4) is 17.8 Å². The molecule has 9 nitrogen and oxygen atoms in total. The number of hydrogen-bond donors (Lipinski definition) is 1. The van der Waals surface area contributed by atoms with Crippen LogP contribution in [0.15, 0.2) is 48.5 Å². The van der Waals surface area contributed by atoms with E-state index >= 15 is 0 Å². The Kier molecular flexibility index (Phi) is 6.28. The van der Waals surface area contributed by atoms with Crippen molar-refractivity contribution in [2.24, 2.45) is 5.92 Å². The predicted molar refractivity (Wildman–Crippen MR) is 130 cm³/mol. The second-order valence-corrected chi connectivity index (χ2v) is 8.31. The molecule has 1 fully saturated rings. The van der Waals surface area contributed by atoms with E-state index in [9.17, 15) is 20.6 Å². The van der Waals surface area contributed by atoms with E-state index in [1.54, 1.807) is 24.3 Å². The van der Waals surface area contributed by atoms with Gasteiger partial charge in [0.2, 0.25) is 0 Å². The number of allylic oxidation sites excluding steroid dienone is 1. The molecule has 4 rings (SSSR count). The van der Waals surface area contributed by atoms with Crippen LogP contribution in [0.2, 0.25) is 0 Å². The van der Waals surface area contributed by atoms with Gasteiger partial charge in [-0.2, -0.15) is 15.6 Å². The molecule has 0 unspecified atom stereocenters. The first-order valence-electron chi connectivity index (χ1n) is 10.9. The Morgan fingerprint density at radius 1 is 1.21 bits per heavy atom. The van der Waals surface area contributed by atoms with E-state index in [0.717, 1.165) is 25.9 Å². The van der Waals surface area contributed by atoms with Gasteiger partial charge in [0.15, 0.2) is 0 Å². The molecule has 2 heterocycles. The maximum Gasteiger partial charge on any atom is 0.293 e. The molecule has 0 saturated carbocycles. The van der Waals surface area contributed by atoms with Crippen LogP contribution in [-0.4, -0.2) is 27.8 Å². The molecule has 1 aliphatic rings. The van der Waals surface area contributed by atoms with Gasteiger partial charge < -0.3 is 10.6 Å². The third kappa shape index (κ3) is 4.32. The topological polar surface area (TPSA) is 138 Å². The summed E-state index contributed by atoms with van der Waals surface area (Å²) in [5.74, 6) is 0.721. The van der Waals surface area contributed by atoms with Crippen molar-refractivity contribution >= 4 is 28.8 Å². The van der Waals surface area contributed by atoms with E-state index in [1.165, 1.54) is 16.8 Å². The van der Waals surface area contributed by atoms with Gasteiger partial charge in [-0.05, 0) is 48.6 Å². The number of nitro benzene ring substituents is 1. The predicted octanol–water partition coefficient (Wildman–Crippen LogP) is 4.53. The maximum absolute atomic E-state index is 11.8.